The predicted octanol–water partition coefficient (Wildman–Crippen LogP) is 2.39. The van der Waals surface area contributed by atoms with E-state index in [9.17, 15) is 9.59 Å². The number of nitrogens with zero attached hydrogens (tertiary/aromatic N) is 5. The Kier molecular flexibility index (Phi) is 4.51. The number of amides is 2. The molecule has 0 N–H and O–H groups in total. The lowest BCUT2D eigenvalue weighted by molar-refractivity contribution is -0.143. The van der Waals surface area contributed by atoms with Gasteiger partial charge in [-0.05, 0) is 39.5 Å². The summed E-state index contributed by atoms with van der Waals surface area (Å²) in [6.45, 7) is 7.07. The number of likely N-dealkylation sites (tertiary alicyclic amines) is 2. The minimum absolute atomic E-state index is 0.0000723. The fourth-order valence-electron chi connectivity index (χ4n) is 5.00. The number of aryl methyl sites for hydroxylation is 2. The molecule has 0 saturated carbocycles. The third-order valence-corrected chi connectivity index (χ3v) is 6.30. The molecular formula is C20H27N5O3. The number of hydrogen-bond donors (Lipinski definition) is 0. The van der Waals surface area contributed by atoms with Crippen LogP contribution in [0.25, 0.3) is 11.3 Å². The van der Waals surface area contributed by atoms with E-state index in [-0.39, 0.29) is 29.2 Å². The number of rotatable bonds is 2. The molecule has 2 aromatic rings. The van der Waals surface area contributed by atoms with Gasteiger partial charge in [-0.15, -0.1) is 0 Å². The Morgan fingerprint density at radius 3 is 2.75 bits per heavy atom. The van der Waals surface area contributed by atoms with E-state index in [1.807, 2.05) is 30.0 Å². The Morgan fingerprint density at radius 2 is 2.07 bits per heavy atom. The van der Waals surface area contributed by atoms with Crippen LogP contribution in [0.15, 0.2) is 16.8 Å². The van der Waals surface area contributed by atoms with Crippen molar-refractivity contribution in [1.82, 2.24) is 24.7 Å². The average Bonchev–Trinajstić information content (AvgIpc) is 3.25. The van der Waals surface area contributed by atoms with Crippen LogP contribution in [-0.4, -0.2) is 61.2 Å². The smallest absolute Gasteiger partial charge is 0.292 e. The maximum Gasteiger partial charge on any atom is 0.292 e. The molecule has 8 heteroatoms. The number of hydrogen-bond acceptors (Lipinski definition) is 5. The highest BCUT2D eigenvalue weighted by atomic mass is 16.5. The van der Waals surface area contributed by atoms with Crippen molar-refractivity contribution in [3.8, 4) is 11.3 Å². The average molecular weight is 385 g/mol. The Morgan fingerprint density at radius 1 is 1.29 bits per heavy atom. The predicted molar refractivity (Wildman–Crippen MR) is 103 cm³/mol. The van der Waals surface area contributed by atoms with Crippen molar-refractivity contribution >= 4 is 11.8 Å². The molecule has 2 atom stereocenters. The molecule has 0 aliphatic carbocycles. The van der Waals surface area contributed by atoms with E-state index in [0.717, 1.165) is 43.5 Å². The van der Waals surface area contributed by atoms with Gasteiger partial charge >= 0.3 is 0 Å². The van der Waals surface area contributed by atoms with Gasteiger partial charge in [0.25, 0.3) is 5.91 Å². The van der Waals surface area contributed by atoms with Crippen LogP contribution in [0.4, 0.5) is 0 Å². The molecule has 0 aromatic carbocycles. The lowest BCUT2D eigenvalue weighted by Crippen LogP contribution is -2.67. The van der Waals surface area contributed by atoms with E-state index in [0.29, 0.717) is 12.2 Å². The topological polar surface area (TPSA) is 84.5 Å². The van der Waals surface area contributed by atoms with Gasteiger partial charge in [0.2, 0.25) is 11.7 Å². The SMILES string of the molecule is CC(=O)N1CCC[C@H]2N(C(=O)c3cc(-c4cn(C)nc4C)no3)CCC[C@@]21C. The van der Waals surface area contributed by atoms with Crippen LogP contribution in [0.2, 0.25) is 0 Å². The van der Waals surface area contributed by atoms with Crippen molar-refractivity contribution < 1.29 is 14.1 Å². The van der Waals surface area contributed by atoms with Crippen molar-refractivity contribution in [2.75, 3.05) is 13.1 Å². The third-order valence-electron chi connectivity index (χ3n) is 6.30. The first kappa shape index (κ1) is 18.7. The second-order valence-corrected chi connectivity index (χ2v) is 8.17. The van der Waals surface area contributed by atoms with Gasteiger partial charge < -0.3 is 14.3 Å². The van der Waals surface area contributed by atoms with Gasteiger partial charge in [0.15, 0.2) is 0 Å². The molecule has 2 aromatic heterocycles. The molecule has 2 fully saturated rings. The molecule has 0 bridgehead atoms. The van der Waals surface area contributed by atoms with Crippen LogP contribution in [0.1, 0.15) is 55.8 Å². The molecule has 2 aliphatic rings. The third kappa shape index (κ3) is 2.91. The zero-order valence-corrected chi connectivity index (χ0v) is 16.9. The lowest BCUT2D eigenvalue weighted by atomic mass is 9.76. The quantitative estimate of drug-likeness (QED) is 0.792. The first-order valence-electron chi connectivity index (χ1n) is 9.88. The largest absolute Gasteiger partial charge is 0.350 e. The van der Waals surface area contributed by atoms with Crippen molar-refractivity contribution in [1.29, 1.82) is 0 Å². The summed E-state index contributed by atoms with van der Waals surface area (Å²) >= 11 is 0. The molecule has 2 aliphatic heterocycles. The monoisotopic (exact) mass is 385 g/mol. The molecule has 0 spiro atoms. The normalized spacial score (nSPS) is 24.9. The first-order valence-corrected chi connectivity index (χ1v) is 9.88. The molecule has 4 heterocycles. The molecule has 0 radical (unpaired) electrons. The Bertz CT molecular complexity index is 917. The molecule has 2 amide bonds. The fraction of sp³-hybridized carbons (Fsp3) is 0.600. The minimum Gasteiger partial charge on any atom is -0.350 e. The fourth-order valence-corrected chi connectivity index (χ4v) is 5.00. The van der Waals surface area contributed by atoms with Gasteiger partial charge in [-0.3, -0.25) is 14.3 Å². The summed E-state index contributed by atoms with van der Waals surface area (Å²) < 4.78 is 7.14. The van der Waals surface area contributed by atoms with Crippen LogP contribution in [0, 0.1) is 6.92 Å². The van der Waals surface area contributed by atoms with Gasteiger partial charge in [-0.25, -0.2) is 0 Å². The molecule has 2 saturated heterocycles. The number of carbonyl (C=O) groups excluding carboxylic acids is 2. The second kappa shape index (κ2) is 6.76. The highest BCUT2D eigenvalue weighted by molar-refractivity contribution is 5.93. The number of fused-ring (bicyclic) bond motifs is 1. The summed E-state index contributed by atoms with van der Waals surface area (Å²) in [7, 11) is 1.85. The summed E-state index contributed by atoms with van der Waals surface area (Å²) in [4.78, 5) is 29.3. The summed E-state index contributed by atoms with van der Waals surface area (Å²) in [5.41, 5.74) is 1.99. The summed E-state index contributed by atoms with van der Waals surface area (Å²) in [6, 6.07) is 1.70. The molecular weight excluding hydrogens is 358 g/mol. The van der Waals surface area contributed by atoms with E-state index in [1.54, 1.807) is 17.7 Å². The number of carbonyl (C=O) groups is 2. The zero-order valence-electron chi connectivity index (χ0n) is 16.9. The van der Waals surface area contributed by atoms with Crippen molar-refractivity contribution in [2.45, 2.75) is 58.0 Å². The highest BCUT2D eigenvalue weighted by Crippen LogP contribution is 2.39. The van der Waals surface area contributed by atoms with Crippen molar-refractivity contribution in [3.63, 3.8) is 0 Å². The van der Waals surface area contributed by atoms with E-state index >= 15 is 0 Å². The second-order valence-electron chi connectivity index (χ2n) is 8.17. The van der Waals surface area contributed by atoms with Gasteiger partial charge in [-0.1, -0.05) is 5.16 Å². The maximum absolute atomic E-state index is 13.3. The summed E-state index contributed by atoms with van der Waals surface area (Å²) in [5.74, 6) is 0.166. The minimum atomic E-state index is -0.319. The van der Waals surface area contributed by atoms with Crippen molar-refractivity contribution in [2.24, 2.45) is 7.05 Å². The van der Waals surface area contributed by atoms with Gasteiger partial charge in [0.1, 0.15) is 5.69 Å². The van der Waals surface area contributed by atoms with E-state index in [4.69, 9.17) is 4.52 Å². The van der Waals surface area contributed by atoms with Crippen LogP contribution in [0.5, 0.6) is 0 Å². The van der Waals surface area contributed by atoms with Gasteiger partial charge in [0.05, 0.1) is 17.3 Å². The van der Waals surface area contributed by atoms with Crippen LogP contribution >= 0.6 is 0 Å². The van der Waals surface area contributed by atoms with E-state index < -0.39 is 0 Å². The van der Waals surface area contributed by atoms with Crippen LogP contribution in [0.3, 0.4) is 0 Å². The Labute approximate surface area is 164 Å². The maximum atomic E-state index is 13.3. The number of aromatic nitrogens is 3. The summed E-state index contributed by atoms with van der Waals surface area (Å²) in [6.07, 6.45) is 5.45. The molecule has 4 rings (SSSR count). The Balaban J connectivity index is 1.61. The standard InChI is InChI=1S/C20H27N5O3/c1-13-15(12-23(4)21-13)16-11-17(28-22-16)19(27)24-9-6-8-20(3)18(24)7-5-10-25(20)14(2)26/h11-12,18H,5-10H2,1-4H3/t18-,20+/m1/s1. The van der Waals surface area contributed by atoms with Crippen LogP contribution in [-0.2, 0) is 11.8 Å². The zero-order chi connectivity index (χ0) is 20.1. The molecule has 28 heavy (non-hydrogen) atoms. The van der Waals surface area contributed by atoms with Crippen molar-refractivity contribution in [3.05, 3.63) is 23.7 Å². The van der Waals surface area contributed by atoms with E-state index in [1.165, 1.54) is 0 Å². The van der Waals surface area contributed by atoms with Gasteiger partial charge in [-0.2, -0.15) is 5.10 Å². The van der Waals surface area contributed by atoms with Gasteiger partial charge in [0, 0.05) is 44.9 Å². The highest BCUT2D eigenvalue weighted by Gasteiger charge is 2.50. The van der Waals surface area contributed by atoms with Crippen LogP contribution < -0.4 is 0 Å². The lowest BCUT2D eigenvalue weighted by Gasteiger charge is -2.56. The summed E-state index contributed by atoms with van der Waals surface area (Å²) in [5, 5.41) is 8.42. The number of piperidine rings is 2. The first-order chi connectivity index (χ1) is 13.3. The molecule has 0 unspecified atom stereocenters. The molecule has 150 valence electrons. The molecule has 8 nitrogen and oxygen atoms in total. The Hall–Kier alpha value is -2.64. The van der Waals surface area contributed by atoms with E-state index in [2.05, 4.69) is 17.2 Å².